The summed E-state index contributed by atoms with van der Waals surface area (Å²) in [5.41, 5.74) is 14.6. The van der Waals surface area contributed by atoms with Gasteiger partial charge in [0.1, 0.15) is 17.1 Å². The van der Waals surface area contributed by atoms with Crippen LogP contribution in [0.4, 0.5) is 5.82 Å². The number of hydrogen-bond donors (Lipinski definition) is 4. The van der Waals surface area contributed by atoms with Crippen molar-refractivity contribution in [3.05, 3.63) is 70.5 Å². The number of hydrogen-bond acceptors (Lipinski definition) is 7. The van der Waals surface area contributed by atoms with Gasteiger partial charge in [0.25, 0.3) is 5.91 Å². The van der Waals surface area contributed by atoms with Gasteiger partial charge < -0.3 is 21.9 Å². The average Bonchev–Trinajstić information content (AvgIpc) is 2.72. The van der Waals surface area contributed by atoms with Crippen LogP contribution in [0.5, 0.6) is 5.75 Å². The minimum atomic E-state index is -0.782. The molecule has 0 saturated heterocycles. The van der Waals surface area contributed by atoms with E-state index in [-0.39, 0.29) is 34.2 Å². The molecule has 0 atom stereocenters. The summed E-state index contributed by atoms with van der Waals surface area (Å²) in [7, 11) is 0. The predicted molar refractivity (Wildman–Crippen MR) is 107 cm³/mol. The maximum absolute atomic E-state index is 12.8. The number of carbonyl (C=O) groups is 2. The Morgan fingerprint density at radius 2 is 1.86 bits per heavy atom. The highest BCUT2D eigenvalue weighted by Gasteiger charge is 2.24. The highest BCUT2D eigenvalue weighted by molar-refractivity contribution is 6.10. The highest BCUT2D eigenvalue weighted by atomic mass is 16.3. The van der Waals surface area contributed by atoms with E-state index in [1.165, 1.54) is 17.7 Å². The molecule has 0 spiro atoms. The van der Waals surface area contributed by atoms with Crippen LogP contribution in [-0.4, -0.2) is 33.3 Å². The lowest BCUT2D eigenvalue weighted by atomic mass is 9.95. The molecule has 2 aromatic carbocycles. The van der Waals surface area contributed by atoms with Gasteiger partial charge in [0, 0.05) is 12.1 Å². The van der Waals surface area contributed by atoms with E-state index in [1.807, 2.05) is 18.2 Å². The van der Waals surface area contributed by atoms with Crippen LogP contribution in [0.2, 0.25) is 0 Å². The van der Waals surface area contributed by atoms with Crippen LogP contribution < -0.4 is 16.8 Å². The summed E-state index contributed by atoms with van der Waals surface area (Å²) in [5, 5.41) is 13.3. The van der Waals surface area contributed by atoms with Crippen LogP contribution in [0.15, 0.2) is 42.5 Å². The third-order valence-corrected chi connectivity index (χ3v) is 4.90. The zero-order valence-corrected chi connectivity index (χ0v) is 15.5. The Kier molecular flexibility index (Phi) is 4.69. The van der Waals surface area contributed by atoms with Crippen LogP contribution >= 0.6 is 0 Å². The molecule has 1 aliphatic heterocycles. The molecule has 0 unspecified atom stereocenters. The lowest BCUT2D eigenvalue weighted by Crippen LogP contribution is -2.23. The topological polar surface area (TPSA) is 144 Å². The van der Waals surface area contributed by atoms with E-state index in [9.17, 15) is 14.7 Å². The molecule has 0 radical (unpaired) electrons. The van der Waals surface area contributed by atoms with Gasteiger partial charge >= 0.3 is 0 Å². The number of ketones is 1. The zero-order valence-electron chi connectivity index (χ0n) is 15.5. The number of fused-ring (bicyclic) bond motifs is 1. The Balaban J connectivity index is 1.88. The molecule has 0 fully saturated rings. The van der Waals surface area contributed by atoms with E-state index in [0.29, 0.717) is 12.1 Å². The lowest BCUT2D eigenvalue weighted by molar-refractivity contribution is 0.0994. The first-order valence-corrected chi connectivity index (χ1v) is 9.08. The zero-order chi connectivity index (χ0) is 20.5. The number of nitrogens with one attached hydrogen (secondary N) is 1. The maximum Gasteiger partial charge on any atom is 0.254 e. The molecular formula is C21H19N5O3. The molecule has 1 amide bonds. The molecule has 146 valence electrons. The SMILES string of the molecule is NC(=O)c1c(N)nc(C(=O)c2ccccc2O)nc1-c1ccc2c(c1)CNCC2. The number of rotatable bonds is 4. The number of nitrogens with zero attached hydrogens (tertiary/aromatic N) is 2. The van der Waals surface area contributed by atoms with Crippen LogP contribution in [0.3, 0.4) is 0 Å². The van der Waals surface area contributed by atoms with E-state index in [2.05, 4.69) is 15.3 Å². The highest BCUT2D eigenvalue weighted by Crippen LogP contribution is 2.29. The second-order valence-electron chi connectivity index (χ2n) is 6.78. The molecule has 0 aliphatic carbocycles. The number of anilines is 1. The van der Waals surface area contributed by atoms with Crippen molar-refractivity contribution in [2.24, 2.45) is 5.73 Å². The number of nitrogen functional groups attached to an aromatic ring is 1. The second kappa shape index (κ2) is 7.33. The second-order valence-corrected chi connectivity index (χ2v) is 6.78. The third kappa shape index (κ3) is 3.41. The third-order valence-electron chi connectivity index (χ3n) is 4.90. The first-order chi connectivity index (χ1) is 14.0. The Bertz CT molecular complexity index is 1140. The summed E-state index contributed by atoms with van der Waals surface area (Å²) in [4.78, 5) is 33.2. The molecule has 1 aliphatic rings. The summed E-state index contributed by atoms with van der Waals surface area (Å²) in [6.45, 7) is 1.60. The van der Waals surface area contributed by atoms with Gasteiger partial charge in [-0.3, -0.25) is 9.59 Å². The normalized spacial score (nSPS) is 13.0. The molecule has 3 aromatic rings. The van der Waals surface area contributed by atoms with Crippen LogP contribution in [0.25, 0.3) is 11.3 Å². The molecule has 0 saturated carbocycles. The Labute approximate surface area is 166 Å². The Hall–Kier alpha value is -3.78. The van der Waals surface area contributed by atoms with Crippen molar-refractivity contribution >= 4 is 17.5 Å². The van der Waals surface area contributed by atoms with E-state index in [0.717, 1.165) is 18.5 Å². The molecule has 4 rings (SSSR count). The Morgan fingerprint density at radius 1 is 1.07 bits per heavy atom. The molecule has 29 heavy (non-hydrogen) atoms. The standard InChI is InChI=1S/C21H19N5O3/c22-19-16(20(23)29)17(12-6-5-11-7-8-24-10-13(11)9-12)25-21(26-19)18(28)14-3-1-2-4-15(14)27/h1-6,9,24,27H,7-8,10H2,(H2,23,29)(H2,22,25,26). The number of aromatic nitrogens is 2. The number of benzene rings is 2. The summed E-state index contributed by atoms with van der Waals surface area (Å²) in [6.07, 6.45) is 0.904. The predicted octanol–water partition coefficient (Wildman–Crippen LogP) is 1.41. The number of amides is 1. The molecule has 8 nitrogen and oxygen atoms in total. The van der Waals surface area contributed by atoms with Gasteiger partial charge in [-0.05, 0) is 42.3 Å². The van der Waals surface area contributed by atoms with Crippen LogP contribution in [0.1, 0.15) is 37.7 Å². The number of phenolic OH excluding ortho intramolecular Hbond substituents is 1. The van der Waals surface area contributed by atoms with Gasteiger partial charge in [0.2, 0.25) is 11.6 Å². The fourth-order valence-corrected chi connectivity index (χ4v) is 3.45. The van der Waals surface area contributed by atoms with Gasteiger partial charge in [0.15, 0.2) is 0 Å². The number of phenols is 1. The molecule has 0 bridgehead atoms. The van der Waals surface area contributed by atoms with Gasteiger partial charge in [-0.15, -0.1) is 0 Å². The molecule has 8 heteroatoms. The number of carbonyl (C=O) groups excluding carboxylic acids is 2. The molecule has 2 heterocycles. The van der Waals surface area contributed by atoms with E-state index < -0.39 is 11.7 Å². The molecular weight excluding hydrogens is 370 g/mol. The van der Waals surface area contributed by atoms with Crippen molar-refractivity contribution < 1.29 is 14.7 Å². The maximum atomic E-state index is 12.8. The number of para-hydroxylation sites is 1. The molecule has 1 aromatic heterocycles. The van der Waals surface area contributed by atoms with Crippen molar-refractivity contribution in [2.45, 2.75) is 13.0 Å². The average molecular weight is 389 g/mol. The van der Waals surface area contributed by atoms with Crippen molar-refractivity contribution in [1.82, 2.24) is 15.3 Å². The monoisotopic (exact) mass is 389 g/mol. The minimum absolute atomic E-state index is 0.0393. The summed E-state index contributed by atoms with van der Waals surface area (Å²) in [6, 6.07) is 11.8. The van der Waals surface area contributed by atoms with Crippen molar-refractivity contribution in [2.75, 3.05) is 12.3 Å². The first-order valence-electron chi connectivity index (χ1n) is 9.08. The number of nitrogens with two attached hydrogens (primary N) is 2. The van der Waals surface area contributed by atoms with Gasteiger partial charge in [0.05, 0.1) is 11.3 Å². The van der Waals surface area contributed by atoms with E-state index in [1.54, 1.807) is 12.1 Å². The van der Waals surface area contributed by atoms with Crippen molar-refractivity contribution in [3.63, 3.8) is 0 Å². The molecule has 6 N–H and O–H groups in total. The fourth-order valence-electron chi connectivity index (χ4n) is 3.45. The fraction of sp³-hybridized carbons (Fsp3) is 0.143. The van der Waals surface area contributed by atoms with Crippen LogP contribution in [-0.2, 0) is 13.0 Å². The summed E-state index contributed by atoms with van der Waals surface area (Å²) in [5.74, 6) is -1.99. The van der Waals surface area contributed by atoms with Crippen LogP contribution in [0, 0.1) is 0 Å². The Morgan fingerprint density at radius 3 is 2.62 bits per heavy atom. The minimum Gasteiger partial charge on any atom is -0.507 e. The first kappa shape index (κ1) is 18.6. The van der Waals surface area contributed by atoms with E-state index >= 15 is 0 Å². The largest absolute Gasteiger partial charge is 0.507 e. The van der Waals surface area contributed by atoms with Gasteiger partial charge in [-0.25, -0.2) is 9.97 Å². The number of aromatic hydroxyl groups is 1. The van der Waals surface area contributed by atoms with Gasteiger partial charge in [-0.2, -0.15) is 0 Å². The van der Waals surface area contributed by atoms with Crippen molar-refractivity contribution in [3.8, 4) is 17.0 Å². The quantitative estimate of drug-likeness (QED) is 0.494. The van der Waals surface area contributed by atoms with Gasteiger partial charge in [-0.1, -0.05) is 24.3 Å². The van der Waals surface area contributed by atoms with Crippen molar-refractivity contribution in [1.29, 1.82) is 0 Å². The number of primary amides is 1. The smallest absolute Gasteiger partial charge is 0.254 e. The van der Waals surface area contributed by atoms with E-state index in [4.69, 9.17) is 11.5 Å². The lowest BCUT2D eigenvalue weighted by Gasteiger charge is -2.18. The summed E-state index contributed by atoms with van der Waals surface area (Å²) >= 11 is 0. The summed E-state index contributed by atoms with van der Waals surface area (Å²) < 4.78 is 0.